The van der Waals surface area contributed by atoms with E-state index in [-0.39, 0.29) is 12.3 Å². The molecule has 4 N–H and O–H groups in total. The van der Waals surface area contributed by atoms with Gasteiger partial charge in [0, 0.05) is 43.8 Å². The van der Waals surface area contributed by atoms with E-state index in [1.165, 1.54) is 12.2 Å². The summed E-state index contributed by atoms with van der Waals surface area (Å²) in [6.45, 7) is 3.48. The molecule has 0 spiro atoms. The third-order valence-corrected chi connectivity index (χ3v) is 5.60. The van der Waals surface area contributed by atoms with Crippen LogP contribution in [0.2, 0.25) is 0 Å². The molecule has 0 atom stereocenters. The molecule has 3 aromatic rings. The Balaban J connectivity index is 1.54. The van der Waals surface area contributed by atoms with Gasteiger partial charge in [-0.3, -0.25) is 5.01 Å². The number of benzene rings is 1. The zero-order valence-corrected chi connectivity index (χ0v) is 18.6. The van der Waals surface area contributed by atoms with E-state index in [2.05, 4.69) is 44.6 Å². The van der Waals surface area contributed by atoms with E-state index >= 15 is 0 Å². The number of fused-ring (bicyclic) bond motifs is 1. The summed E-state index contributed by atoms with van der Waals surface area (Å²) in [5.41, 5.74) is 7.98. The molecular weight excluding hydrogens is 432 g/mol. The van der Waals surface area contributed by atoms with E-state index in [1.54, 1.807) is 0 Å². The molecule has 1 saturated heterocycles. The average Bonchev–Trinajstić information content (AvgIpc) is 3.57. The summed E-state index contributed by atoms with van der Waals surface area (Å²) in [7, 11) is 0. The van der Waals surface area contributed by atoms with E-state index in [1.807, 2.05) is 23.5 Å². The maximum atomic E-state index is 8.03. The lowest BCUT2D eigenvalue weighted by Gasteiger charge is -2.27. The van der Waals surface area contributed by atoms with Gasteiger partial charge in [-0.05, 0) is 29.8 Å². The number of ether oxygens (including phenoxy) is 2. The number of aromatic nitrogens is 3. The first-order valence-electron chi connectivity index (χ1n) is 11.1. The number of rotatable bonds is 8. The summed E-state index contributed by atoms with van der Waals surface area (Å²) in [6, 6.07) is 8.24. The highest BCUT2D eigenvalue weighted by molar-refractivity contribution is 5.98. The second kappa shape index (κ2) is 9.86. The SMILES string of the molecule is N=C/C=C\C(=N)COc1nc(N2CCOCC2)nc2c(-c3cccc(N4C=CCN4)c3)c[nH]c12. The summed E-state index contributed by atoms with van der Waals surface area (Å²) < 4.78 is 11.4. The molecule has 1 fully saturated rings. The molecule has 0 saturated carbocycles. The van der Waals surface area contributed by atoms with Crippen LogP contribution in [0.15, 0.2) is 54.9 Å². The Morgan fingerprint density at radius 1 is 1.24 bits per heavy atom. The quantitative estimate of drug-likeness (QED) is 0.382. The van der Waals surface area contributed by atoms with Crippen LogP contribution < -0.4 is 20.1 Å². The van der Waals surface area contributed by atoms with Crippen molar-refractivity contribution in [3.63, 3.8) is 0 Å². The molecule has 2 aromatic heterocycles. The zero-order chi connectivity index (χ0) is 23.3. The van der Waals surface area contributed by atoms with Crippen molar-refractivity contribution >= 4 is 34.6 Å². The van der Waals surface area contributed by atoms with E-state index < -0.39 is 0 Å². The minimum atomic E-state index is 0.0375. The number of H-pyrrole nitrogens is 1. The number of hydrogen-bond donors (Lipinski definition) is 4. The standard InChI is InChI=1S/C24H26N8O2/c25-7-2-5-18(26)16-34-23-22-21(29-24(30-23)31-10-12-33-13-11-31)20(15-27-22)17-4-1-6-19(14-17)32-9-3-8-28-32/h1-7,9,14-15,25-28H,8,10-13,16H2/b5-2-,25-7?,26-18?. The Morgan fingerprint density at radius 3 is 2.91 bits per heavy atom. The first-order chi connectivity index (χ1) is 16.7. The summed E-state index contributed by atoms with van der Waals surface area (Å²) in [6.07, 6.45) is 10.2. The van der Waals surface area contributed by atoms with Gasteiger partial charge in [-0.25, -0.2) is 10.4 Å². The molecule has 2 aliphatic heterocycles. The van der Waals surface area contributed by atoms with Crippen LogP contribution in [0.4, 0.5) is 11.6 Å². The molecule has 34 heavy (non-hydrogen) atoms. The molecule has 0 amide bonds. The fourth-order valence-electron chi connectivity index (χ4n) is 3.92. The molecular formula is C24H26N8O2. The molecule has 174 valence electrons. The van der Waals surface area contributed by atoms with Gasteiger partial charge in [-0.1, -0.05) is 18.2 Å². The molecule has 1 aromatic carbocycles. The second-order valence-electron chi connectivity index (χ2n) is 7.86. The first-order valence-corrected chi connectivity index (χ1v) is 11.1. The fraction of sp³-hybridized carbons (Fsp3) is 0.250. The van der Waals surface area contributed by atoms with Gasteiger partial charge in [0.2, 0.25) is 11.8 Å². The number of anilines is 2. The fourth-order valence-corrected chi connectivity index (χ4v) is 3.92. The topological polar surface area (TPSA) is 126 Å². The summed E-state index contributed by atoms with van der Waals surface area (Å²) in [5, 5.41) is 17.1. The van der Waals surface area contributed by atoms with Crippen LogP contribution in [-0.2, 0) is 4.74 Å². The van der Waals surface area contributed by atoms with Crippen LogP contribution in [0.3, 0.4) is 0 Å². The van der Waals surface area contributed by atoms with Gasteiger partial charge in [0.25, 0.3) is 0 Å². The number of nitrogens with zero attached hydrogens (tertiary/aromatic N) is 4. The van der Waals surface area contributed by atoms with E-state index in [4.69, 9.17) is 25.3 Å². The lowest BCUT2D eigenvalue weighted by molar-refractivity contribution is 0.122. The molecule has 4 heterocycles. The Kier molecular flexibility index (Phi) is 6.32. The highest BCUT2D eigenvalue weighted by Gasteiger charge is 2.21. The molecule has 0 radical (unpaired) electrons. The van der Waals surface area contributed by atoms with Gasteiger partial charge in [0.05, 0.1) is 24.6 Å². The van der Waals surface area contributed by atoms with Crippen LogP contribution in [-0.4, -0.2) is 66.3 Å². The number of hydrogen-bond acceptors (Lipinski definition) is 9. The van der Waals surface area contributed by atoms with Crippen LogP contribution in [0, 0.1) is 10.8 Å². The minimum Gasteiger partial charge on any atom is -0.470 e. The molecule has 2 aliphatic rings. The maximum absolute atomic E-state index is 8.03. The van der Waals surface area contributed by atoms with Crippen molar-refractivity contribution in [2.24, 2.45) is 0 Å². The van der Waals surface area contributed by atoms with E-state index in [0.717, 1.165) is 35.1 Å². The average molecular weight is 459 g/mol. The van der Waals surface area contributed by atoms with E-state index in [0.29, 0.717) is 43.6 Å². The Bertz CT molecular complexity index is 1260. The number of hydrazine groups is 1. The number of allylic oxidation sites excluding steroid dienone is 1. The molecule has 10 nitrogen and oxygen atoms in total. The van der Waals surface area contributed by atoms with Crippen molar-refractivity contribution in [3.05, 3.63) is 54.9 Å². The lowest BCUT2D eigenvalue weighted by Crippen LogP contribution is -2.37. The summed E-state index contributed by atoms with van der Waals surface area (Å²) >= 11 is 0. The van der Waals surface area contributed by atoms with Gasteiger partial charge in [0.1, 0.15) is 17.6 Å². The predicted octanol–water partition coefficient (Wildman–Crippen LogP) is 2.90. The van der Waals surface area contributed by atoms with Gasteiger partial charge >= 0.3 is 0 Å². The lowest BCUT2D eigenvalue weighted by atomic mass is 10.1. The van der Waals surface area contributed by atoms with Crippen molar-refractivity contribution in [2.75, 3.05) is 49.4 Å². The Hall–Kier alpha value is -4.02. The van der Waals surface area contributed by atoms with Gasteiger partial charge < -0.3 is 30.2 Å². The van der Waals surface area contributed by atoms with Crippen molar-refractivity contribution in [2.45, 2.75) is 0 Å². The molecule has 0 unspecified atom stereocenters. The number of nitrogens with one attached hydrogen (secondary N) is 4. The van der Waals surface area contributed by atoms with Crippen LogP contribution in [0.5, 0.6) is 5.88 Å². The van der Waals surface area contributed by atoms with Crippen molar-refractivity contribution in [3.8, 4) is 17.0 Å². The highest BCUT2D eigenvalue weighted by Crippen LogP contribution is 2.34. The van der Waals surface area contributed by atoms with Crippen molar-refractivity contribution in [1.82, 2.24) is 20.4 Å². The molecule has 5 rings (SSSR count). The van der Waals surface area contributed by atoms with Crippen LogP contribution in [0.25, 0.3) is 22.2 Å². The van der Waals surface area contributed by atoms with Crippen molar-refractivity contribution in [1.29, 1.82) is 10.8 Å². The maximum Gasteiger partial charge on any atom is 0.243 e. The first kappa shape index (κ1) is 21.8. The zero-order valence-electron chi connectivity index (χ0n) is 18.6. The Morgan fingerprint density at radius 2 is 2.12 bits per heavy atom. The smallest absolute Gasteiger partial charge is 0.243 e. The number of aromatic amines is 1. The number of morpholine rings is 1. The molecule has 0 bridgehead atoms. The normalized spacial score (nSPS) is 16.0. The van der Waals surface area contributed by atoms with Gasteiger partial charge in [-0.2, -0.15) is 4.98 Å². The third-order valence-electron chi connectivity index (χ3n) is 5.60. The van der Waals surface area contributed by atoms with Gasteiger partial charge in [0.15, 0.2) is 0 Å². The third kappa shape index (κ3) is 4.54. The highest BCUT2D eigenvalue weighted by atomic mass is 16.5. The predicted molar refractivity (Wildman–Crippen MR) is 133 cm³/mol. The monoisotopic (exact) mass is 458 g/mol. The van der Waals surface area contributed by atoms with Crippen LogP contribution >= 0.6 is 0 Å². The summed E-state index contributed by atoms with van der Waals surface area (Å²) in [4.78, 5) is 15.0. The van der Waals surface area contributed by atoms with Gasteiger partial charge in [-0.15, -0.1) is 0 Å². The summed E-state index contributed by atoms with van der Waals surface area (Å²) in [5.74, 6) is 0.972. The van der Waals surface area contributed by atoms with E-state index in [9.17, 15) is 0 Å². The Labute approximate surface area is 196 Å². The largest absolute Gasteiger partial charge is 0.470 e. The second-order valence-corrected chi connectivity index (χ2v) is 7.86. The van der Waals surface area contributed by atoms with Crippen molar-refractivity contribution < 1.29 is 9.47 Å². The minimum absolute atomic E-state index is 0.0375. The van der Waals surface area contributed by atoms with Crippen LogP contribution in [0.1, 0.15) is 0 Å². The molecule has 10 heteroatoms. The molecule has 0 aliphatic carbocycles.